The van der Waals surface area contributed by atoms with Crippen molar-refractivity contribution in [3.05, 3.63) is 76.6 Å². The molecule has 0 spiro atoms. The quantitative estimate of drug-likeness (QED) is 0.604. The molecule has 0 saturated heterocycles. The SMILES string of the molecule is CCOc1ccc([C@H]2[C@H](C(=O)OC)C(O)=C(C(=O)OC)[C@H](c3ccc(C#N)cc3)C2(C#N)C#N)cc1. The minimum absolute atomic E-state index is 0.309. The lowest BCUT2D eigenvalue weighted by Gasteiger charge is -2.44. The number of aliphatic hydroxyl groups is 1. The molecule has 1 aliphatic carbocycles. The number of hydrogen-bond donors (Lipinski definition) is 1. The number of esters is 2. The van der Waals surface area contributed by atoms with E-state index < -0.39 is 46.4 Å². The van der Waals surface area contributed by atoms with Crippen LogP contribution in [-0.2, 0) is 19.1 Å². The minimum atomic E-state index is -2.06. The van der Waals surface area contributed by atoms with E-state index >= 15 is 0 Å². The largest absolute Gasteiger partial charge is 0.511 e. The summed E-state index contributed by atoms with van der Waals surface area (Å²) in [6.07, 6.45) is 0. The normalized spacial score (nSPS) is 20.3. The van der Waals surface area contributed by atoms with E-state index in [1.807, 2.05) is 13.0 Å². The molecule has 9 nitrogen and oxygen atoms in total. The molecule has 36 heavy (non-hydrogen) atoms. The van der Waals surface area contributed by atoms with E-state index in [4.69, 9.17) is 14.2 Å². The number of carbonyl (C=O) groups is 2. The number of ether oxygens (including phenoxy) is 3. The molecule has 3 rings (SSSR count). The number of methoxy groups -OCH3 is 2. The van der Waals surface area contributed by atoms with Gasteiger partial charge in [-0.3, -0.25) is 4.79 Å². The predicted molar refractivity (Wildman–Crippen MR) is 125 cm³/mol. The second-order valence-corrected chi connectivity index (χ2v) is 8.03. The van der Waals surface area contributed by atoms with Crippen molar-refractivity contribution in [2.24, 2.45) is 11.3 Å². The molecule has 182 valence electrons. The summed E-state index contributed by atoms with van der Waals surface area (Å²) in [5, 5.41) is 41.6. The molecule has 0 heterocycles. The zero-order valence-electron chi connectivity index (χ0n) is 19.9. The zero-order chi connectivity index (χ0) is 26.5. The summed E-state index contributed by atoms with van der Waals surface area (Å²) < 4.78 is 15.3. The van der Waals surface area contributed by atoms with E-state index in [1.165, 1.54) is 24.3 Å². The first-order valence-corrected chi connectivity index (χ1v) is 11.0. The maximum atomic E-state index is 13.0. The van der Waals surface area contributed by atoms with Gasteiger partial charge in [-0.15, -0.1) is 0 Å². The lowest BCUT2D eigenvalue weighted by atomic mass is 9.54. The number of rotatable bonds is 6. The summed E-state index contributed by atoms with van der Waals surface area (Å²) in [6, 6.07) is 18.5. The second kappa shape index (κ2) is 10.6. The van der Waals surface area contributed by atoms with Crippen LogP contribution in [-0.4, -0.2) is 37.9 Å². The van der Waals surface area contributed by atoms with Crippen LogP contribution in [0.2, 0.25) is 0 Å². The average molecular weight is 485 g/mol. The van der Waals surface area contributed by atoms with Crippen LogP contribution in [0.4, 0.5) is 0 Å². The molecule has 0 aliphatic heterocycles. The van der Waals surface area contributed by atoms with E-state index in [0.29, 0.717) is 29.0 Å². The van der Waals surface area contributed by atoms with Gasteiger partial charge in [0.1, 0.15) is 17.4 Å². The van der Waals surface area contributed by atoms with E-state index in [-0.39, 0.29) is 0 Å². The van der Waals surface area contributed by atoms with E-state index in [2.05, 4.69) is 12.1 Å². The Balaban J connectivity index is 2.42. The van der Waals surface area contributed by atoms with Crippen LogP contribution in [0.1, 0.15) is 35.4 Å². The fourth-order valence-corrected chi connectivity index (χ4v) is 4.72. The molecule has 0 unspecified atom stereocenters. The first-order valence-electron chi connectivity index (χ1n) is 11.0. The van der Waals surface area contributed by atoms with Gasteiger partial charge in [0, 0.05) is 5.92 Å². The molecule has 1 aliphatic rings. The van der Waals surface area contributed by atoms with Crippen LogP contribution in [0, 0.1) is 45.3 Å². The first kappa shape index (κ1) is 25.8. The van der Waals surface area contributed by atoms with Crippen LogP contribution in [0.5, 0.6) is 5.75 Å². The van der Waals surface area contributed by atoms with Crippen molar-refractivity contribution in [2.45, 2.75) is 18.8 Å². The number of aliphatic hydroxyl groups excluding tert-OH is 1. The van der Waals surface area contributed by atoms with Gasteiger partial charge in [-0.05, 0) is 42.3 Å². The number of carbonyl (C=O) groups excluding carboxylic acids is 2. The van der Waals surface area contributed by atoms with Crippen LogP contribution in [0.3, 0.4) is 0 Å². The Morgan fingerprint density at radius 3 is 2.00 bits per heavy atom. The van der Waals surface area contributed by atoms with Gasteiger partial charge in [-0.2, -0.15) is 15.8 Å². The minimum Gasteiger partial charge on any atom is -0.511 e. The molecule has 0 radical (unpaired) electrons. The first-order chi connectivity index (χ1) is 17.3. The Labute approximate surface area is 208 Å². The van der Waals surface area contributed by atoms with Crippen LogP contribution in [0.15, 0.2) is 59.9 Å². The van der Waals surface area contributed by atoms with Crippen LogP contribution >= 0.6 is 0 Å². The summed E-state index contributed by atoms with van der Waals surface area (Å²) in [7, 11) is 2.19. The maximum Gasteiger partial charge on any atom is 0.337 e. The van der Waals surface area contributed by atoms with Crippen molar-refractivity contribution in [3.8, 4) is 24.0 Å². The van der Waals surface area contributed by atoms with E-state index in [0.717, 1.165) is 14.2 Å². The Hall–Kier alpha value is -4.81. The van der Waals surface area contributed by atoms with Crippen molar-refractivity contribution >= 4 is 11.9 Å². The van der Waals surface area contributed by atoms with E-state index in [9.17, 15) is 30.5 Å². The molecule has 2 aromatic rings. The van der Waals surface area contributed by atoms with Gasteiger partial charge >= 0.3 is 11.9 Å². The molecule has 0 amide bonds. The smallest absolute Gasteiger partial charge is 0.337 e. The van der Waals surface area contributed by atoms with Crippen molar-refractivity contribution < 1.29 is 28.9 Å². The molecule has 0 aromatic heterocycles. The summed E-state index contributed by atoms with van der Waals surface area (Å²) >= 11 is 0. The standard InChI is InChI=1S/C27H23N3O6/c1-4-36-19-11-9-18(10-12-19)23-21(26(33)35-3)24(31)20(25(32)34-2)22(27(23,14-29)15-30)17-7-5-16(13-28)6-8-17/h5-12,21-23,31H,4H2,1-3H3/t21-,22-,23-/m0/s1. The number of nitrogens with zero attached hydrogens (tertiary/aromatic N) is 3. The van der Waals surface area contributed by atoms with Gasteiger partial charge in [0.25, 0.3) is 0 Å². The molecule has 0 saturated carbocycles. The van der Waals surface area contributed by atoms with Crippen molar-refractivity contribution in [1.29, 1.82) is 15.8 Å². The summed E-state index contributed by atoms with van der Waals surface area (Å²) in [5.74, 6) is -6.14. The lowest BCUT2D eigenvalue weighted by Crippen LogP contribution is -2.47. The Morgan fingerprint density at radius 2 is 1.53 bits per heavy atom. The highest BCUT2D eigenvalue weighted by atomic mass is 16.5. The van der Waals surface area contributed by atoms with E-state index in [1.54, 1.807) is 24.3 Å². The monoisotopic (exact) mass is 485 g/mol. The fourth-order valence-electron chi connectivity index (χ4n) is 4.72. The summed E-state index contributed by atoms with van der Waals surface area (Å²) in [6.45, 7) is 2.23. The van der Waals surface area contributed by atoms with Gasteiger partial charge in [-0.1, -0.05) is 24.3 Å². The third-order valence-corrected chi connectivity index (χ3v) is 6.29. The highest BCUT2D eigenvalue weighted by molar-refractivity contribution is 5.94. The van der Waals surface area contributed by atoms with Crippen molar-refractivity contribution in [2.75, 3.05) is 20.8 Å². The molecular weight excluding hydrogens is 462 g/mol. The molecule has 1 N–H and O–H groups in total. The van der Waals surface area contributed by atoms with Gasteiger partial charge in [0.05, 0.1) is 56.1 Å². The zero-order valence-corrected chi connectivity index (χ0v) is 19.9. The Bertz CT molecular complexity index is 1300. The predicted octanol–water partition coefficient (Wildman–Crippen LogP) is 3.65. The third kappa shape index (κ3) is 4.21. The molecule has 3 atom stereocenters. The van der Waals surface area contributed by atoms with Crippen LogP contribution < -0.4 is 4.74 Å². The number of nitriles is 3. The number of hydrogen-bond acceptors (Lipinski definition) is 9. The maximum absolute atomic E-state index is 13.0. The average Bonchev–Trinajstić information content (AvgIpc) is 2.92. The van der Waals surface area contributed by atoms with Gasteiger partial charge in [0.15, 0.2) is 5.41 Å². The van der Waals surface area contributed by atoms with Crippen LogP contribution in [0.25, 0.3) is 0 Å². The van der Waals surface area contributed by atoms with Gasteiger partial charge in [-0.25, -0.2) is 4.79 Å². The van der Waals surface area contributed by atoms with Gasteiger partial charge in [0.2, 0.25) is 0 Å². The van der Waals surface area contributed by atoms with Crippen molar-refractivity contribution in [1.82, 2.24) is 0 Å². The molecule has 9 heteroatoms. The fraction of sp³-hybridized carbons (Fsp3) is 0.296. The Morgan fingerprint density at radius 1 is 0.944 bits per heavy atom. The second-order valence-electron chi connectivity index (χ2n) is 8.03. The highest BCUT2D eigenvalue weighted by Gasteiger charge is 2.61. The topological polar surface area (TPSA) is 153 Å². The van der Waals surface area contributed by atoms with Crippen molar-refractivity contribution in [3.63, 3.8) is 0 Å². The van der Waals surface area contributed by atoms with Gasteiger partial charge < -0.3 is 19.3 Å². The molecule has 2 aromatic carbocycles. The Kier molecular flexibility index (Phi) is 7.62. The summed E-state index contributed by atoms with van der Waals surface area (Å²) in [5.41, 5.74) is -1.45. The lowest BCUT2D eigenvalue weighted by molar-refractivity contribution is -0.147. The summed E-state index contributed by atoms with van der Waals surface area (Å²) in [4.78, 5) is 25.9. The third-order valence-electron chi connectivity index (χ3n) is 6.29. The number of benzene rings is 2. The molecule has 0 fully saturated rings. The molecule has 0 bridgehead atoms. The highest BCUT2D eigenvalue weighted by Crippen LogP contribution is 2.59. The molecular formula is C27H23N3O6.